The molecule has 728 valence electrons. The number of halogens is 5. The minimum absolute atomic E-state index is 0.0284. The largest absolute Gasteiger partial charge is 0.507 e. The molecule has 10 heterocycles. The number of ether oxygens (including phenoxy) is 5. The number of aryl methyl sites for hydroxylation is 2. The maximum atomic E-state index is 12.0. The fraction of sp³-hybridized carbons (Fsp3) is 0.229. The maximum Gasteiger partial charge on any atom is 0.339 e. The first kappa shape index (κ1) is 105. The molecule has 18 aromatic rings. The van der Waals surface area contributed by atoms with Crippen molar-refractivity contribution in [1.29, 1.82) is 0 Å². The minimum Gasteiger partial charge on any atom is -0.507 e. The highest BCUT2D eigenvalue weighted by Gasteiger charge is 2.33. The molecule has 44 heteroatoms. The Labute approximate surface area is 834 Å². The molecule has 39 nitrogen and oxygen atoms in total. The van der Waals surface area contributed by atoms with E-state index in [1.807, 2.05) is 56.3 Å². The van der Waals surface area contributed by atoms with Crippen molar-refractivity contribution in [2.24, 2.45) is 0 Å². The molecular formula is C96H88Br5N13O26. The number of nitrogen functional groups attached to an aromatic ring is 3. The van der Waals surface area contributed by atoms with Crippen LogP contribution in [0.2, 0.25) is 0 Å². The van der Waals surface area contributed by atoms with Crippen molar-refractivity contribution in [3.8, 4) is 11.5 Å². The topological polar surface area (TPSA) is 592 Å². The van der Waals surface area contributed by atoms with Gasteiger partial charge in [-0.1, -0.05) is 106 Å². The lowest BCUT2D eigenvalue weighted by atomic mass is 9.92. The number of carbonyl (C=O) groups is 9. The number of anilines is 3. The summed E-state index contributed by atoms with van der Waals surface area (Å²) in [5, 5.41) is 61.4. The number of esters is 5. The van der Waals surface area contributed by atoms with E-state index >= 15 is 0 Å². The second-order valence-corrected chi connectivity index (χ2v) is 34.4. The number of aliphatic carboxylic acids is 1. The smallest absolute Gasteiger partial charge is 0.339 e. The van der Waals surface area contributed by atoms with E-state index in [-0.39, 0.29) is 97.5 Å². The number of carbonyl (C=O) groups excluding carboxylic acids is 8. The Kier molecular flexibility index (Phi) is 37.5. The third kappa shape index (κ3) is 28.1. The lowest BCUT2D eigenvalue weighted by molar-refractivity contribution is -0.143. The summed E-state index contributed by atoms with van der Waals surface area (Å²) in [5.74, 6) is -3.61. The highest BCUT2D eigenvalue weighted by molar-refractivity contribution is 9.11. The molecule has 0 aliphatic carbocycles. The Morgan fingerprint density at radius 2 is 0.850 bits per heavy atom. The molecule has 1 unspecified atom stereocenters. The summed E-state index contributed by atoms with van der Waals surface area (Å²) >= 11 is 16.5. The number of aromatic hydroxyl groups is 2. The molecule has 2 amide bonds. The Balaban J connectivity index is 0.000000151. The van der Waals surface area contributed by atoms with Crippen LogP contribution >= 0.6 is 79.6 Å². The van der Waals surface area contributed by atoms with Crippen molar-refractivity contribution in [2.75, 3.05) is 50.2 Å². The van der Waals surface area contributed by atoms with Crippen LogP contribution in [-0.2, 0) is 101 Å². The quantitative estimate of drug-likeness (QED) is 0.00930. The molecule has 0 radical (unpaired) electrons. The number of phenols is 1. The molecule has 0 bridgehead atoms. The van der Waals surface area contributed by atoms with Gasteiger partial charge in [0.25, 0.3) is 0 Å². The van der Waals surface area contributed by atoms with Gasteiger partial charge in [0.15, 0.2) is 44.9 Å². The molecule has 1 aliphatic heterocycles. The number of rotatable bonds is 19. The summed E-state index contributed by atoms with van der Waals surface area (Å²) in [7, 11) is 0. The van der Waals surface area contributed by atoms with E-state index in [0.717, 1.165) is 78.3 Å². The van der Waals surface area contributed by atoms with Gasteiger partial charge in [-0.15, -0.1) is 0 Å². The van der Waals surface area contributed by atoms with E-state index in [0.29, 0.717) is 168 Å². The number of fused-ring (bicyclic) bond motifs is 10. The molecule has 9 aromatic heterocycles. The molecule has 0 spiro atoms. The number of aromatic nitrogens is 9. The number of Topliss-reactive ketones (excluding diaryl/α,β-unsaturated/α-hetero) is 1. The highest BCUT2D eigenvalue weighted by atomic mass is 79.9. The van der Waals surface area contributed by atoms with Gasteiger partial charge in [0.05, 0.1) is 126 Å². The van der Waals surface area contributed by atoms with Crippen LogP contribution in [0.4, 0.5) is 17.1 Å². The first-order valence-corrected chi connectivity index (χ1v) is 46.5. The van der Waals surface area contributed by atoms with Gasteiger partial charge in [0.1, 0.15) is 63.1 Å². The van der Waals surface area contributed by atoms with Gasteiger partial charge in [0, 0.05) is 62.9 Å². The molecule has 1 saturated heterocycles. The number of benzene rings is 9. The first-order valence-electron chi connectivity index (χ1n) is 42.5. The molecule has 11 N–H and O–H groups in total. The first-order chi connectivity index (χ1) is 67.0. The number of phenolic OH excluding ortho intramolecular Hbond substituents is 1. The number of hydrogen-bond acceptors (Lipinski definition) is 36. The number of nitrogens with zero attached hydrogens (tertiary/aromatic N) is 8. The number of piperidine rings is 1. The van der Waals surface area contributed by atoms with Gasteiger partial charge in [-0.2, -0.15) is 0 Å². The average molecular weight is 2240 g/mol. The third-order valence-electron chi connectivity index (χ3n) is 20.0. The Bertz CT molecular complexity index is 7290. The second-order valence-electron chi connectivity index (χ2n) is 29.9. The van der Waals surface area contributed by atoms with Gasteiger partial charge in [0.2, 0.25) is 11.8 Å². The van der Waals surface area contributed by atoms with E-state index in [1.165, 1.54) is 19.3 Å². The van der Waals surface area contributed by atoms with Crippen LogP contribution in [-0.4, -0.2) is 148 Å². The lowest BCUT2D eigenvalue weighted by Gasteiger charge is -2.19. The maximum absolute atomic E-state index is 12.0. The predicted molar refractivity (Wildman–Crippen MR) is 529 cm³/mol. The number of hydrogen-bond donors (Lipinski definition) is 8. The number of carboxylic acids is 1. The van der Waals surface area contributed by atoms with Crippen molar-refractivity contribution in [2.45, 2.75) is 113 Å². The summed E-state index contributed by atoms with van der Waals surface area (Å²) in [6.45, 7) is 15.9. The van der Waals surface area contributed by atoms with Crippen molar-refractivity contribution in [1.82, 2.24) is 51.4 Å². The summed E-state index contributed by atoms with van der Waals surface area (Å²) < 4.78 is 69.2. The minimum atomic E-state index is -0.917. The fourth-order valence-corrected chi connectivity index (χ4v) is 15.6. The van der Waals surface area contributed by atoms with Crippen LogP contribution in [0.3, 0.4) is 0 Å². The molecule has 1 atom stereocenters. The fourth-order valence-electron chi connectivity index (χ4n) is 13.6. The van der Waals surface area contributed by atoms with Crippen LogP contribution < -0.4 is 28.1 Å². The Morgan fingerprint density at radius 1 is 0.436 bits per heavy atom. The number of carboxylic acid groups (broad SMARTS) is 1. The molecular weight excluding hydrogens is 2150 g/mol. The number of aromatic amines is 1. The van der Waals surface area contributed by atoms with Gasteiger partial charge in [-0.25, -0.2) is 19.9 Å². The number of ketones is 1. The molecule has 9 aromatic carbocycles. The summed E-state index contributed by atoms with van der Waals surface area (Å²) in [6.07, 6.45) is 2.70. The monoisotopic (exact) mass is 2230 g/mol. The van der Waals surface area contributed by atoms with Crippen molar-refractivity contribution < 1.29 is 118 Å². The van der Waals surface area contributed by atoms with Crippen LogP contribution in [0.1, 0.15) is 122 Å². The third-order valence-corrected chi connectivity index (χ3v) is 22.9. The Morgan fingerprint density at radius 3 is 1.35 bits per heavy atom. The van der Waals surface area contributed by atoms with E-state index < -0.39 is 17.5 Å². The molecule has 1 aliphatic rings. The highest BCUT2D eigenvalue weighted by Crippen LogP contribution is 2.37. The van der Waals surface area contributed by atoms with E-state index in [9.17, 15) is 53.1 Å². The molecule has 140 heavy (non-hydrogen) atoms. The van der Waals surface area contributed by atoms with Crippen molar-refractivity contribution in [3.05, 3.63) is 247 Å². The van der Waals surface area contributed by atoms with Crippen molar-refractivity contribution in [3.63, 3.8) is 0 Å². The van der Waals surface area contributed by atoms with Crippen molar-refractivity contribution >= 4 is 249 Å². The summed E-state index contributed by atoms with van der Waals surface area (Å²) in [6, 6.07) is 43.3. The number of imide groups is 1. The second kappa shape index (κ2) is 49.8. The van der Waals surface area contributed by atoms with Crippen LogP contribution in [0.25, 0.3) is 98.8 Å². The zero-order valence-corrected chi connectivity index (χ0v) is 83.6. The van der Waals surface area contributed by atoms with Gasteiger partial charge in [-0.05, 0) is 223 Å². The van der Waals surface area contributed by atoms with Crippen LogP contribution in [0, 0.1) is 13.8 Å². The lowest BCUT2D eigenvalue weighted by Crippen LogP contribution is -2.39. The van der Waals surface area contributed by atoms with E-state index in [2.05, 4.69) is 131 Å². The number of H-pyrrole nitrogens is 1. The average Bonchev–Trinajstić information content (AvgIpc) is 1.61. The Hall–Kier alpha value is -15.0. The molecule has 1 fully saturated rings. The summed E-state index contributed by atoms with van der Waals surface area (Å²) in [5.41, 5.74) is 31.1. The standard InChI is InChI=1S/C13H10N4O3.C12H14N2O3.C12H13NO3.C11H11BrN2O3.C11H10BrNO3.C11H12N2O3.C9H6BrNO3.C9H5BrO3.C8H7BrO2/c18-9-4-1-6(13(19)16-9)11-10-8(20-17-11)3-2-7-12(10)15-5-14-7;1-3-16-11(15)6-9-12-7(2)8(13)4-5-10(12)17-14-9;1-3-15-12(14)7-10-9-6-8(2)4-5-11(9)16-13-10;1-2-16-9(15)5-7-10-8(17-14-7)4-3-6(13)11(10)12;2*1-2-15-11(14)6-9-8-5-7(12)3-4-10(8)16-13-9;10-5-1-2-8-6(3-5)7(11-14-8)4-9(12)13;10-5-1-2-8-6(3-5)7(11)4-9(12)13-8;1-5(10)7-4-6(9)2-3-8(7)11/h2-3,5-6,17H,1,4H2,(H,16,18,19);4-5H,3,6,13H2,1-2H3;4-6H,3,7H2,1-2H3;3-4H,2,5,13H2,1H3;3-5H,2,6H2,1H3;3-5H,2,6,12H2,1H3;1-3H,4H2,(H,12,13);1-4,11H;2-4,11H,1H3. The zero-order chi connectivity index (χ0) is 101. The normalized spacial score (nSPS) is 11.8. The number of imidazole rings is 1. The summed E-state index contributed by atoms with van der Waals surface area (Å²) in [4.78, 5) is 121. The van der Waals surface area contributed by atoms with E-state index in [1.54, 1.807) is 132 Å². The van der Waals surface area contributed by atoms with Gasteiger partial charge >= 0.3 is 41.4 Å². The number of amides is 2. The number of nitrogens with one attached hydrogen (secondary N) is 2. The molecule has 0 saturated carbocycles. The van der Waals surface area contributed by atoms with E-state index in [4.69, 9.17) is 87.2 Å². The van der Waals surface area contributed by atoms with Crippen LogP contribution in [0.5, 0.6) is 11.5 Å². The predicted octanol–water partition coefficient (Wildman–Crippen LogP) is 18.6. The van der Waals surface area contributed by atoms with Crippen LogP contribution in [0.15, 0.2) is 221 Å². The zero-order valence-electron chi connectivity index (χ0n) is 75.7. The SMILES string of the molecule is CC(=O)c1cc(Br)ccc1O.CCOC(=O)Cc1noc2ccc(Br)cc12.CCOC(=O)Cc1noc2ccc(C)cc12.CCOC(=O)Cc1noc2ccc(N)c(Br)c12.CCOC(=O)Cc1noc2ccc(N)c(C)c12.CCOC(=O)Cc1noc2ccc(N)cc12.O=C(O)Cc1noc2ccc(Br)cc12.O=C1CCC(c2[nH]oc3ccc4ncnc4c23)C(=O)N1.O=c1cc(O)c2cc(Br)ccc2o1. The van der Waals surface area contributed by atoms with Gasteiger partial charge in [-0.3, -0.25) is 48.5 Å². The number of nitrogens with two attached hydrogens (primary N) is 3. The van der Waals surface area contributed by atoms with Gasteiger partial charge < -0.3 is 92.3 Å². The molecule has 19 rings (SSSR count).